The molecular formula is C27H28FN5O. The number of pyridine rings is 1. The number of benzene rings is 2. The van der Waals surface area contributed by atoms with E-state index in [0.29, 0.717) is 19.4 Å². The molecule has 6 nitrogen and oxygen atoms in total. The molecule has 4 aromatic rings. The summed E-state index contributed by atoms with van der Waals surface area (Å²) in [4.78, 5) is 26.4. The molecular weight excluding hydrogens is 429 g/mol. The Morgan fingerprint density at radius 3 is 2.44 bits per heavy atom. The van der Waals surface area contributed by atoms with Gasteiger partial charge in [0.25, 0.3) is 0 Å². The summed E-state index contributed by atoms with van der Waals surface area (Å²) in [5.41, 5.74) is 3.84. The Morgan fingerprint density at radius 1 is 0.912 bits per heavy atom. The van der Waals surface area contributed by atoms with E-state index in [1.807, 2.05) is 35.2 Å². The molecule has 0 aliphatic carbocycles. The van der Waals surface area contributed by atoms with Crippen molar-refractivity contribution in [2.75, 3.05) is 31.1 Å². The molecule has 0 saturated carbocycles. The van der Waals surface area contributed by atoms with Gasteiger partial charge in [-0.15, -0.1) is 0 Å². The van der Waals surface area contributed by atoms with Crippen LogP contribution in [0.3, 0.4) is 0 Å². The van der Waals surface area contributed by atoms with Gasteiger partial charge in [0.1, 0.15) is 17.2 Å². The number of piperazine rings is 1. The van der Waals surface area contributed by atoms with Crippen LogP contribution in [0.5, 0.6) is 0 Å². The standard InChI is InChI=1S/C27H28FN5O/c28-22-13-11-21(12-14-22)20-33-25(30-24-8-5-15-29-27(24)33)9-4-10-26(34)32-18-16-31(17-19-32)23-6-2-1-3-7-23/h1-3,5-8,11-15H,4,9-10,16-20H2. The van der Waals surface area contributed by atoms with Crippen molar-refractivity contribution in [2.45, 2.75) is 25.8 Å². The third-order valence-electron chi connectivity index (χ3n) is 6.38. The van der Waals surface area contributed by atoms with Crippen LogP contribution in [0.1, 0.15) is 24.2 Å². The van der Waals surface area contributed by atoms with Crippen LogP contribution in [0.2, 0.25) is 0 Å². The van der Waals surface area contributed by atoms with E-state index in [-0.39, 0.29) is 11.7 Å². The summed E-state index contributed by atoms with van der Waals surface area (Å²) < 4.78 is 15.4. The van der Waals surface area contributed by atoms with Crippen LogP contribution in [0.4, 0.5) is 10.1 Å². The SMILES string of the molecule is O=C(CCCc1nc2cccnc2n1Cc1ccc(F)cc1)N1CCN(c2ccccc2)CC1. The van der Waals surface area contributed by atoms with Crippen molar-refractivity contribution < 1.29 is 9.18 Å². The van der Waals surface area contributed by atoms with Crippen LogP contribution >= 0.6 is 0 Å². The van der Waals surface area contributed by atoms with Crippen LogP contribution in [0.15, 0.2) is 72.9 Å². The Balaban J connectivity index is 1.20. The first-order valence-corrected chi connectivity index (χ1v) is 11.8. The average molecular weight is 458 g/mol. The zero-order chi connectivity index (χ0) is 23.3. The quantitative estimate of drug-likeness (QED) is 0.416. The lowest BCUT2D eigenvalue weighted by Crippen LogP contribution is -2.48. The van der Waals surface area contributed by atoms with E-state index in [9.17, 15) is 9.18 Å². The summed E-state index contributed by atoms with van der Waals surface area (Å²) in [7, 11) is 0. The molecule has 0 unspecified atom stereocenters. The number of carbonyl (C=O) groups excluding carboxylic acids is 1. The molecule has 174 valence electrons. The van der Waals surface area contributed by atoms with Gasteiger partial charge in [-0.05, 0) is 48.4 Å². The monoisotopic (exact) mass is 457 g/mol. The van der Waals surface area contributed by atoms with E-state index in [1.54, 1.807) is 18.3 Å². The van der Waals surface area contributed by atoms with E-state index in [4.69, 9.17) is 4.98 Å². The van der Waals surface area contributed by atoms with Crippen molar-refractivity contribution in [1.29, 1.82) is 0 Å². The van der Waals surface area contributed by atoms with Crippen molar-refractivity contribution in [3.63, 3.8) is 0 Å². The molecule has 0 spiro atoms. The topological polar surface area (TPSA) is 54.3 Å². The second-order valence-electron chi connectivity index (χ2n) is 8.64. The van der Waals surface area contributed by atoms with Crippen LogP contribution in [0, 0.1) is 5.82 Å². The highest BCUT2D eigenvalue weighted by atomic mass is 19.1. The van der Waals surface area contributed by atoms with Crippen LogP contribution < -0.4 is 4.90 Å². The predicted molar refractivity (Wildman–Crippen MR) is 131 cm³/mol. The van der Waals surface area contributed by atoms with Gasteiger partial charge in [-0.1, -0.05) is 30.3 Å². The molecule has 0 N–H and O–H groups in total. The molecule has 1 saturated heterocycles. The number of amides is 1. The van der Waals surface area contributed by atoms with Gasteiger partial charge in [0.15, 0.2) is 5.65 Å². The lowest BCUT2D eigenvalue weighted by Gasteiger charge is -2.36. The van der Waals surface area contributed by atoms with Crippen molar-refractivity contribution >= 4 is 22.8 Å². The fraction of sp³-hybridized carbons (Fsp3) is 0.296. The zero-order valence-electron chi connectivity index (χ0n) is 19.1. The van der Waals surface area contributed by atoms with E-state index >= 15 is 0 Å². The molecule has 34 heavy (non-hydrogen) atoms. The van der Waals surface area contributed by atoms with Crippen LogP contribution in [-0.2, 0) is 17.8 Å². The summed E-state index contributed by atoms with van der Waals surface area (Å²) in [5.74, 6) is 0.854. The minimum absolute atomic E-state index is 0.201. The van der Waals surface area contributed by atoms with Gasteiger partial charge < -0.3 is 14.4 Å². The molecule has 0 bridgehead atoms. The molecule has 5 rings (SSSR count). The van der Waals surface area contributed by atoms with Crippen molar-refractivity contribution in [3.05, 3.63) is 90.1 Å². The number of aromatic nitrogens is 3. The fourth-order valence-corrected chi connectivity index (χ4v) is 4.54. The maximum atomic E-state index is 13.3. The average Bonchev–Trinajstić information content (AvgIpc) is 3.23. The number of hydrogen-bond donors (Lipinski definition) is 0. The summed E-state index contributed by atoms with van der Waals surface area (Å²) in [6, 6.07) is 20.7. The third kappa shape index (κ3) is 4.93. The number of fused-ring (bicyclic) bond motifs is 1. The molecule has 1 aliphatic rings. The lowest BCUT2D eigenvalue weighted by molar-refractivity contribution is -0.131. The van der Waals surface area contributed by atoms with Crippen LogP contribution in [0.25, 0.3) is 11.2 Å². The molecule has 7 heteroatoms. The van der Waals surface area contributed by atoms with Gasteiger partial charge in [-0.2, -0.15) is 0 Å². The molecule has 1 amide bonds. The number of carbonyl (C=O) groups is 1. The Hall–Kier alpha value is -3.74. The van der Waals surface area contributed by atoms with Crippen molar-refractivity contribution in [2.24, 2.45) is 0 Å². The summed E-state index contributed by atoms with van der Waals surface area (Å²) in [6.45, 7) is 3.78. The predicted octanol–water partition coefficient (Wildman–Crippen LogP) is 4.29. The number of rotatable bonds is 7. The lowest BCUT2D eigenvalue weighted by atomic mass is 10.1. The Morgan fingerprint density at radius 2 is 1.68 bits per heavy atom. The molecule has 0 atom stereocenters. The number of nitrogens with zero attached hydrogens (tertiary/aromatic N) is 5. The van der Waals surface area contributed by atoms with Gasteiger partial charge in [0.05, 0.1) is 6.54 Å². The number of anilines is 1. The molecule has 2 aromatic carbocycles. The molecule has 1 fully saturated rings. The van der Waals surface area contributed by atoms with Gasteiger partial charge in [0, 0.05) is 50.9 Å². The van der Waals surface area contributed by atoms with E-state index in [0.717, 1.165) is 55.2 Å². The molecule has 3 heterocycles. The van der Waals surface area contributed by atoms with Gasteiger partial charge in [-0.25, -0.2) is 14.4 Å². The number of aryl methyl sites for hydroxylation is 1. The first kappa shape index (κ1) is 22.1. The smallest absolute Gasteiger partial charge is 0.222 e. The highest BCUT2D eigenvalue weighted by molar-refractivity contribution is 5.76. The van der Waals surface area contributed by atoms with Gasteiger partial charge >= 0.3 is 0 Å². The van der Waals surface area contributed by atoms with Crippen LogP contribution in [-0.4, -0.2) is 51.5 Å². The minimum Gasteiger partial charge on any atom is -0.368 e. The summed E-state index contributed by atoms with van der Waals surface area (Å²) in [5, 5.41) is 0. The molecule has 2 aromatic heterocycles. The Kier molecular flexibility index (Phi) is 6.51. The zero-order valence-corrected chi connectivity index (χ0v) is 19.1. The molecule has 0 radical (unpaired) electrons. The number of para-hydroxylation sites is 1. The Labute approximate surface area is 198 Å². The largest absolute Gasteiger partial charge is 0.368 e. The Bertz CT molecular complexity index is 1250. The fourth-order valence-electron chi connectivity index (χ4n) is 4.54. The first-order chi connectivity index (χ1) is 16.7. The first-order valence-electron chi connectivity index (χ1n) is 11.8. The summed E-state index contributed by atoms with van der Waals surface area (Å²) in [6.07, 6.45) is 3.67. The molecule has 1 aliphatic heterocycles. The second kappa shape index (κ2) is 10.0. The maximum Gasteiger partial charge on any atom is 0.222 e. The second-order valence-corrected chi connectivity index (χ2v) is 8.64. The van der Waals surface area contributed by atoms with Crippen molar-refractivity contribution in [1.82, 2.24) is 19.4 Å². The van der Waals surface area contributed by atoms with E-state index in [2.05, 4.69) is 26.6 Å². The number of imidazole rings is 1. The number of halogens is 1. The number of hydrogen-bond acceptors (Lipinski definition) is 4. The van der Waals surface area contributed by atoms with Gasteiger partial charge in [0.2, 0.25) is 5.91 Å². The highest BCUT2D eigenvalue weighted by Crippen LogP contribution is 2.19. The normalized spacial score (nSPS) is 14.0. The maximum absolute atomic E-state index is 13.3. The highest BCUT2D eigenvalue weighted by Gasteiger charge is 2.21. The van der Waals surface area contributed by atoms with E-state index in [1.165, 1.54) is 17.8 Å². The van der Waals surface area contributed by atoms with Gasteiger partial charge in [-0.3, -0.25) is 4.79 Å². The van der Waals surface area contributed by atoms with Crippen molar-refractivity contribution in [3.8, 4) is 0 Å². The third-order valence-corrected chi connectivity index (χ3v) is 6.38. The minimum atomic E-state index is -0.249. The summed E-state index contributed by atoms with van der Waals surface area (Å²) >= 11 is 0. The van der Waals surface area contributed by atoms with E-state index < -0.39 is 0 Å².